The molecule has 0 saturated carbocycles. The Morgan fingerprint density at radius 3 is 2.80 bits per heavy atom. The number of carbonyl (C=O) groups excluding carboxylic acids is 1. The van der Waals surface area contributed by atoms with Gasteiger partial charge in [-0.3, -0.25) is 19.3 Å². The number of carbonyl (C=O) groups is 1. The largest absolute Gasteiger partial charge is 0.379 e. The zero-order chi connectivity index (χ0) is 21.1. The number of nitrogens with zero attached hydrogens (tertiary/aromatic N) is 5. The number of fused-ring (bicyclic) bond motifs is 1. The van der Waals surface area contributed by atoms with Crippen LogP contribution in [-0.2, 0) is 11.3 Å². The molecule has 0 unspecified atom stereocenters. The minimum atomic E-state index is -0.0314. The number of anilines is 1. The van der Waals surface area contributed by atoms with Crippen molar-refractivity contribution in [3.63, 3.8) is 0 Å². The highest BCUT2D eigenvalue weighted by Crippen LogP contribution is 2.31. The van der Waals surface area contributed by atoms with Crippen molar-refractivity contribution in [1.29, 1.82) is 0 Å². The van der Waals surface area contributed by atoms with Crippen LogP contribution in [0.2, 0.25) is 0 Å². The third-order valence-electron chi connectivity index (χ3n) is 5.47. The van der Waals surface area contributed by atoms with E-state index >= 15 is 0 Å². The molecular formula is C22H29N5O2S. The Bertz CT molecular complexity index is 1020. The highest BCUT2D eigenvalue weighted by Gasteiger charge is 2.25. The smallest absolute Gasteiger partial charge is 0.278 e. The predicted molar refractivity (Wildman–Crippen MR) is 121 cm³/mol. The summed E-state index contributed by atoms with van der Waals surface area (Å²) in [5.74, 6) is -0.0314. The van der Waals surface area contributed by atoms with Gasteiger partial charge in [0, 0.05) is 32.7 Å². The Balaban J connectivity index is 1.61. The number of aryl methyl sites for hydroxylation is 3. The number of hydrogen-bond acceptors (Lipinski definition) is 6. The van der Waals surface area contributed by atoms with Crippen molar-refractivity contribution >= 4 is 32.6 Å². The topological polar surface area (TPSA) is 63.5 Å². The summed E-state index contributed by atoms with van der Waals surface area (Å²) in [6.45, 7) is 11.7. The number of benzene rings is 1. The van der Waals surface area contributed by atoms with E-state index in [9.17, 15) is 4.79 Å². The number of morpholine rings is 1. The lowest BCUT2D eigenvalue weighted by Crippen LogP contribution is -2.39. The second-order valence-corrected chi connectivity index (χ2v) is 8.68. The molecule has 0 aliphatic carbocycles. The van der Waals surface area contributed by atoms with E-state index in [2.05, 4.69) is 29.1 Å². The van der Waals surface area contributed by atoms with Crippen molar-refractivity contribution in [1.82, 2.24) is 19.7 Å². The average molecular weight is 428 g/mol. The minimum absolute atomic E-state index is 0.0314. The molecule has 0 atom stereocenters. The summed E-state index contributed by atoms with van der Waals surface area (Å²) in [4.78, 5) is 22.7. The summed E-state index contributed by atoms with van der Waals surface area (Å²) < 4.78 is 8.33. The lowest BCUT2D eigenvalue weighted by atomic mass is 10.2. The van der Waals surface area contributed by atoms with E-state index in [4.69, 9.17) is 9.72 Å². The number of thiazole rings is 1. The molecule has 4 rings (SSSR count). The van der Waals surface area contributed by atoms with Crippen LogP contribution in [0, 0.1) is 13.8 Å². The summed E-state index contributed by atoms with van der Waals surface area (Å²) in [5, 5.41) is 5.22. The molecule has 2 aromatic heterocycles. The molecule has 1 aliphatic heterocycles. The lowest BCUT2D eigenvalue weighted by molar-refractivity contribution is 0.0376. The van der Waals surface area contributed by atoms with E-state index in [-0.39, 0.29) is 5.91 Å². The van der Waals surface area contributed by atoms with Crippen LogP contribution < -0.4 is 4.90 Å². The number of rotatable bonds is 7. The first-order valence-corrected chi connectivity index (χ1v) is 11.4. The normalized spacial score (nSPS) is 15.0. The van der Waals surface area contributed by atoms with E-state index in [1.807, 2.05) is 30.9 Å². The van der Waals surface area contributed by atoms with Crippen molar-refractivity contribution < 1.29 is 9.53 Å². The highest BCUT2D eigenvalue weighted by molar-refractivity contribution is 7.22. The quantitative estimate of drug-likeness (QED) is 0.577. The molecule has 160 valence electrons. The molecule has 0 N–H and O–H groups in total. The van der Waals surface area contributed by atoms with Gasteiger partial charge in [-0.2, -0.15) is 5.10 Å². The van der Waals surface area contributed by atoms with E-state index in [0.717, 1.165) is 65.9 Å². The van der Waals surface area contributed by atoms with Gasteiger partial charge in [0.15, 0.2) is 5.13 Å². The van der Waals surface area contributed by atoms with Crippen molar-refractivity contribution in [3.05, 3.63) is 41.2 Å². The van der Waals surface area contributed by atoms with Gasteiger partial charge in [0.25, 0.3) is 5.91 Å². The maximum absolute atomic E-state index is 13.6. The predicted octanol–water partition coefficient (Wildman–Crippen LogP) is 3.50. The SMILES string of the molecule is CCn1nc(C)cc1C(=O)N(CCCN1CCOCC1)c1nc2c(C)cccc2s1. The van der Waals surface area contributed by atoms with Gasteiger partial charge < -0.3 is 4.74 Å². The Labute approximate surface area is 181 Å². The van der Waals surface area contributed by atoms with E-state index in [0.29, 0.717) is 18.8 Å². The van der Waals surface area contributed by atoms with E-state index in [1.165, 1.54) is 0 Å². The molecule has 0 radical (unpaired) electrons. The Morgan fingerprint density at radius 1 is 1.27 bits per heavy atom. The molecule has 1 saturated heterocycles. The molecule has 0 bridgehead atoms. The highest BCUT2D eigenvalue weighted by atomic mass is 32.1. The monoisotopic (exact) mass is 427 g/mol. The second-order valence-electron chi connectivity index (χ2n) is 7.67. The van der Waals surface area contributed by atoms with Gasteiger partial charge in [-0.05, 0) is 44.9 Å². The number of amides is 1. The van der Waals surface area contributed by atoms with Crippen LogP contribution in [0.3, 0.4) is 0 Å². The average Bonchev–Trinajstić information content (AvgIpc) is 3.35. The molecule has 3 aromatic rings. The fourth-order valence-electron chi connectivity index (χ4n) is 3.85. The Kier molecular flexibility index (Phi) is 6.46. The second kappa shape index (κ2) is 9.24. The molecule has 30 heavy (non-hydrogen) atoms. The van der Waals surface area contributed by atoms with Crippen LogP contribution in [0.1, 0.15) is 35.1 Å². The number of ether oxygens (including phenoxy) is 1. The Hall–Kier alpha value is -2.29. The van der Waals surface area contributed by atoms with Gasteiger partial charge in [-0.1, -0.05) is 23.5 Å². The zero-order valence-electron chi connectivity index (χ0n) is 17.9. The summed E-state index contributed by atoms with van der Waals surface area (Å²) >= 11 is 1.58. The van der Waals surface area contributed by atoms with Crippen LogP contribution in [0.5, 0.6) is 0 Å². The van der Waals surface area contributed by atoms with E-state index in [1.54, 1.807) is 16.0 Å². The molecule has 3 heterocycles. The minimum Gasteiger partial charge on any atom is -0.379 e. The van der Waals surface area contributed by atoms with Crippen LogP contribution in [0.15, 0.2) is 24.3 Å². The maximum atomic E-state index is 13.6. The zero-order valence-corrected chi connectivity index (χ0v) is 18.7. The summed E-state index contributed by atoms with van der Waals surface area (Å²) in [6.07, 6.45) is 0.889. The molecule has 1 aromatic carbocycles. The third-order valence-corrected chi connectivity index (χ3v) is 6.51. The number of hydrogen-bond donors (Lipinski definition) is 0. The molecule has 7 nitrogen and oxygen atoms in total. The van der Waals surface area contributed by atoms with Gasteiger partial charge in [-0.25, -0.2) is 4.98 Å². The van der Waals surface area contributed by atoms with Gasteiger partial charge in [0.1, 0.15) is 5.69 Å². The van der Waals surface area contributed by atoms with Crippen molar-refractivity contribution in [2.45, 2.75) is 33.7 Å². The first-order valence-electron chi connectivity index (χ1n) is 10.6. The fraction of sp³-hybridized carbons (Fsp3) is 0.500. The van der Waals surface area contributed by atoms with Crippen molar-refractivity contribution in [3.8, 4) is 0 Å². The fourth-order valence-corrected chi connectivity index (χ4v) is 4.92. The standard InChI is InChI=1S/C22H29N5O2S/c1-4-27-18(15-17(3)24-27)21(28)26(10-6-9-25-11-13-29-14-12-25)22-23-20-16(2)7-5-8-19(20)30-22/h5,7-8,15H,4,6,9-14H2,1-3H3. The molecule has 1 amide bonds. The van der Waals surface area contributed by atoms with Crippen LogP contribution in [-0.4, -0.2) is 65.0 Å². The van der Waals surface area contributed by atoms with Gasteiger partial charge in [0.05, 0.1) is 29.1 Å². The summed E-state index contributed by atoms with van der Waals surface area (Å²) in [5.41, 5.74) is 3.58. The third kappa shape index (κ3) is 4.40. The van der Waals surface area contributed by atoms with E-state index < -0.39 is 0 Å². The van der Waals surface area contributed by atoms with Gasteiger partial charge in [-0.15, -0.1) is 0 Å². The molecular weight excluding hydrogens is 398 g/mol. The first-order chi connectivity index (χ1) is 14.6. The number of aromatic nitrogens is 3. The van der Waals surface area contributed by atoms with Crippen LogP contribution in [0.25, 0.3) is 10.2 Å². The van der Waals surface area contributed by atoms with Gasteiger partial charge >= 0.3 is 0 Å². The number of para-hydroxylation sites is 1. The molecule has 1 fully saturated rings. The van der Waals surface area contributed by atoms with Crippen LogP contribution in [0.4, 0.5) is 5.13 Å². The molecule has 1 aliphatic rings. The maximum Gasteiger partial charge on any atom is 0.278 e. The first kappa shape index (κ1) is 21.0. The molecule has 8 heteroatoms. The summed E-state index contributed by atoms with van der Waals surface area (Å²) in [7, 11) is 0. The van der Waals surface area contributed by atoms with Crippen molar-refractivity contribution in [2.24, 2.45) is 0 Å². The lowest BCUT2D eigenvalue weighted by Gasteiger charge is -2.27. The summed E-state index contributed by atoms with van der Waals surface area (Å²) in [6, 6.07) is 8.05. The van der Waals surface area contributed by atoms with Crippen LogP contribution >= 0.6 is 11.3 Å². The van der Waals surface area contributed by atoms with Crippen molar-refractivity contribution in [2.75, 3.05) is 44.3 Å². The Morgan fingerprint density at radius 2 is 2.07 bits per heavy atom. The van der Waals surface area contributed by atoms with Gasteiger partial charge in [0.2, 0.25) is 0 Å². The molecule has 0 spiro atoms.